The Morgan fingerprint density at radius 3 is 2.24 bits per heavy atom. The molecule has 1 aliphatic carbocycles. The summed E-state index contributed by atoms with van der Waals surface area (Å²) in [7, 11) is -3.77. The largest absolute Gasteiger partial charge is 0.394 e. The number of benzene rings is 1. The standard InChI is InChI=1S/C26H36N4O6S/c1-17-21(15-27)23(32)20(11-13-36-14-12-31)24(33)22(17)29-28-18-7-9-19(10-8-18)37(34,35)30-26(5,6)16-25(2,3)4/h7-10,20,28,30-31H,11-14,16H2,1-6H3. The SMILES string of the molecule is CC1=C(C#N)C(=O)C(CCOCCO)C(=O)C1=NNc1ccc(S(=O)(=O)NC(C)(C)CC(C)(C)C)cc1. The number of nitrogens with zero attached hydrogens (tertiary/aromatic N) is 2. The molecule has 1 aromatic carbocycles. The zero-order chi connectivity index (χ0) is 28.0. The summed E-state index contributed by atoms with van der Waals surface area (Å²) in [5.41, 5.74) is 2.40. The Kier molecular flexibility index (Phi) is 9.91. The van der Waals surface area contributed by atoms with Crippen molar-refractivity contribution in [2.45, 2.75) is 64.8 Å². The van der Waals surface area contributed by atoms with Gasteiger partial charge in [-0.25, -0.2) is 13.1 Å². The van der Waals surface area contributed by atoms with Crippen LogP contribution in [0.15, 0.2) is 45.4 Å². The summed E-state index contributed by atoms with van der Waals surface area (Å²) >= 11 is 0. The quantitative estimate of drug-likeness (QED) is 0.223. The van der Waals surface area contributed by atoms with Gasteiger partial charge in [-0.1, -0.05) is 20.8 Å². The highest BCUT2D eigenvalue weighted by Crippen LogP contribution is 2.29. The minimum atomic E-state index is -3.77. The van der Waals surface area contributed by atoms with Gasteiger partial charge in [-0.15, -0.1) is 0 Å². The number of allylic oxidation sites excluding steroid dienone is 2. The van der Waals surface area contributed by atoms with Crippen molar-refractivity contribution in [2.75, 3.05) is 25.2 Å². The van der Waals surface area contributed by atoms with Gasteiger partial charge in [-0.05, 0) is 63.3 Å². The molecule has 10 nitrogen and oxygen atoms in total. The molecule has 1 atom stereocenters. The Morgan fingerprint density at radius 2 is 1.70 bits per heavy atom. The monoisotopic (exact) mass is 532 g/mol. The van der Waals surface area contributed by atoms with E-state index < -0.39 is 33.0 Å². The van der Waals surface area contributed by atoms with Crippen LogP contribution < -0.4 is 10.1 Å². The van der Waals surface area contributed by atoms with Crippen molar-refractivity contribution < 1.29 is 27.9 Å². The van der Waals surface area contributed by atoms with Crippen LogP contribution >= 0.6 is 0 Å². The highest BCUT2D eigenvalue weighted by atomic mass is 32.2. The minimum Gasteiger partial charge on any atom is -0.394 e. The second kappa shape index (κ2) is 12.1. The fourth-order valence-corrected chi connectivity index (χ4v) is 5.88. The predicted octanol–water partition coefficient (Wildman–Crippen LogP) is 2.95. The molecule has 0 bridgehead atoms. The molecule has 0 fully saturated rings. The summed E-state index contributed by atoms with van der Waals surface area (Å²) in [6, 6.07) is 7.73. The average molecular weight is 533 g/mol. The van der Waals surface area contributed by atoms with E-state index in [9.17, 15) is 23.3 Å². The molecule has 1 unspecified atom stereocenters. The third kappa shape index (κ3) is 8.30. The first-order valence-corrected chi connectivity index (χ1v) is 13.5. The van der Waals surface area contributed by atoms with Crippen LogP contribution in [-0.2, 0) is 24.3 Å². The lowest BCUT2D eigenvalue weighted by molar-refractivity contribution is -0.128. The molecule has 0 heterocycles. The number of carbonyl (C=O) groups is 2. The third-order valence-electron chi connectivity index (χ3n) is 5.59. The fourth-order valence-electron chi connectivity index (χ4n) is 4.47. The maximum atomic E-state index is 13.0. The zero-order valence-corrected chi connectivity index (χ0v) is 23.0. The molecule has 0 spiro atoms. The molecule has 37 heavy (non-hydrogen) atoms. The Balaban J connectivity index is 2.22. The topological polar surface area (TPSA) is 158 Å². The predicted molar refractivity (Wildman–Crippen MR) is 140 cm³/mol. The van der Waals surface area contributed by atoms with E-state index >= 15 is 0 Å². The minimum absolute atomic E-state index is 0.0504. The van der Waals surface area contributed by atoms with Crippen molar-refractivity contribution >= 4 is 33.0 Å². The second-order valence-electron chi connectivity index (χ2n) is 10.8. The van der Waals surface area contributed by atoms with Crippen LogP contribution in [0.3, 0.4) is 0 Å². The zero-order valence-electron chi connectivity index (χ0n) is 22.2. The molecular formula is C26H36N4O6S. The Hall–Kier alpha value is -2.91. The summed E-state index contributed by atoms with van der Waals surface area (Å²) in [6.07, 6.45) is 0.694. The number of nitriles is 1. The number of aliphatic hydroxyl groups is 1. The lowest BCUT2D eigenvalue weighted by Gasteiger charge is -2.33. The maximum absolute atomic E-state index is 13.0. The highest BCUT2D eigenvalue weighted by molar-refractivity contribution is 7.89. The lowest BCUT2D eigenvalue weighted by Crippen LogP contribution is -2.45. The van der Waals surface area contributed by atoms with Gasteiger partial charge in [0.25, 0.3) is 0 Å². The van der Waals surface area contributed by atoms with Gasteiger partial charge in [-0.2, -0.15) is 10.4 Å². The number of aliphatic hydroxyl groups excluding tert-OH is 1. The number of hydrazone groups is 1. The summed E-state index contributed by atoms with van der Waals surface area (Å²) < 4.78 is 33.7. The van der Waals surface area contributed by atoms with Gasteiger partial charge in [-0.3, -0.25) is 15.0 Å². The van der Waals surface area contributed by atoms with Crippen LogP contribution in [-0.4, -0.2) is 56.2 Å². The lowest BCUT2D eigenvalue weighted by atomic mass is 9.80. The number of Topliss-reactive ketones (excluding diaryl/α,β-unsaturated/α-hetero) is 2. The summed E-state index contributed by atoms with van der Waals surface area (Å²) in [6.45, 7) is 11.2. The van der Waals surface area contributed by atoms with Gasteiger partial charge >= 0.3 is 0 Å². The van der Waals surface area contributed by atoms with Crippen molar-refractivity contribution in [3.05, 3.63) is 35.4 Å². The van der Waals surface area contributed by atoms with E-state index in [0.717, 1.165) is 0 Å². The van der Waals surface area contributed by atoms with Crippen LogP contribution in [0.25, 0.3) is 0 Å². The van der Waals surface area contributed by atoms with Crippen molar-refractivity contribution in [3.63, 3.8) is 0 Å². The van der Waals surface area contributed by atoms with Crippen LogP contribution in [0.4, 0.5) is 5.69 Å². The molecule has 0 amide bonds. The Morgan fingerprint density at radius 1 is 1.08 bits per heavy atom. The molecular weight excluding hydrogens is 496 g/mol. The molecule has 11 heteroatoms. The van der Waals surface area contributed by atoms with Crippen molar-refractivity contribution in [1.29, 1.82) is 5.26 Å². The fraction of sp³-hybridized carbons (Fsp3) is 0.538. The van der Waals surface area contributed by atoms with E-state index in [1.165, 1.54) is 31.2 Å². The van der Waals surface area contributed by atoms with E-state index in [4.69, 9.17) is 9.84 Å². The molecule has 0 radical (unpaired) electrons. The Labute approximate surface area is 218 Å². The van der Waals surface area contributed by atoms with E-state index in [0.29, 0.717) is 12.1 Å². The number of carbonyl (C=O) groups excluding carboxylic acids is 2. The average Bonchev–Trinajstić information content (AvgIpc) is 2.76. The van der Waals surface area contributed by atoms with Crippen LogP contribution in [0.5, 0.6) is 0 Å². The first-order chi connectivity index (χ1) is 17.1. The number of ether oxygens (including phenoxy) is 1. The molecule has 0 aromatic heterocycles. The molecule has 202 valence electrons. The maximum Gasteiger partial charge on any atom is 0.241 e. The number of rotatable bonds is 11. The number of sulfonamides is 1. The Bertz CT molecular complexity index is 1220. The van der Waals surface area contributed by atoms with Gasteiger partial charge in [0, 0.05) is 17.7 Å². The molecule has 1 aliphatic rings. The number of nitrogens with one attached hydrogen (secondary N) is 2. The molecule has 0 saturated carbocycles. The van der Waals surface area contributed by atoms with E-state index in [-0.39, 0.29) is 53.4 Å². The van der Waals surface area contributed by atoms with Gasteiger partial charge in [0.1, 0.15) is 17.4 Å². The number of hydrogen-bond acceptors (Lipinski definition) is 9. The smallest absolute Gasteiger partial charge is 0.241 e. The second-order valence-corrected chi connectivity index (χ2v) is 12.5. The van der Waals surface area contributed by atoms with Crippen molar-refractivity contribution in [3.8, 4) is 6.07 Å². The molecule has 0 aliphatic heterocycles. The van der Waals surface area contributed by atoms with E-state index in [2.05, 4.69) is 15.2 Å². The first-order valence-electron chi connectivity index (χ1n) is 12.0. The summed E-state index contributed by atoms with van der Waals surface area (Å²) in [5, 5.41) is 22.4. The van der Waals surface area contributed by atoms with Gasteiger partial charge in [0.15, 0.2) is 11.6 Å². The summed E-state index contributed by atoms with van der Waals surface area (Å²) in [4.78, 5) is 25.7. The molecule has 2 rings (SSSR count). The van der Waals surface area contributed by atoms with Crippen LogP contribution in [0.2, 0.25) is 0 Å². The van der Waals surface area contributed by atoms with Crippen LogP contribution in [0, 0.1) is 22.7 Å². The highest BCUT2D eigenvalue weighted by Gasteiger charge is 2.39. The number of ketones is 2. The van der Waals surface area contributed by atoms with Gasteiger partial charge < -0.3 is 9.84 Å². The first kappa shape index (κ1) is 30.3. The van der Waals surface area contributed by atoms with Crippen LogP contribution in [0.1, 0.15) is 54.4 Å². The number of hydrogen-bond donors (Lipinski definition) is 3. The molecule has 0 saturated heterocycles. The molecule has 3 N–H and O–H groups in total. The van der Waals surface area contributed by atoms with Crippen molar-refractivity contribution in [2.24, 2.45) is 16.4 Å². The van der Waals surface area contributed by atoms with Gasteiger partial charge in [0.05, 0.1) is 29.7 Å². The number of anilines is 1. The normalized spacial score (nSPS) is 18.3. The van der Waals surface area contributed by atoms with E-state index in [1.54, 1.807) is 0 Å². The third-order valence-corrected chi connectivity index (χ3v) is 7.30. The molecule has 1 aromatic rings. The summed E-state index contributed by atoms with van der Waals surface area (Å²) in [5.74, 6) is -2.22. The van der Waals surface area contributed by atoms with Crippen molar-refractivity contribution in [1.82, 2.24) is 4.72 Å². The van der Waals surface area contributed by atoms with Gasteiger partial charge in [0.2, 0.25) is 10.0 Å². The van der Waals surface area contributed by atoms with E-state index in [1.807, 2.05) is 40.7 Å².